The smallest absolute Gasteiger partial charge is 0.122 e. The van der Waals surface area contributed by atoms with E-state index < -0.39 is 0 Å². The van der Waals surface area contributed by atoms with Gasteiger partial charge in [-0.2, -0.15) is 0 Å². The van der Waals surface area contributed by atoms with Gasteiger partial charge in [0.2, 0.25) is 0 Å². The first kappa shape index (κ1) is 13.0. The van der Waals surface area contributed by atoms with Gasteiger partial charge in [0.25, 0.3) is 0 Å². The summed E-state index contributed by atoms with van der Waals surface area (Å²) in [6.07, 6.45) is 2.49. The topological polar surface area (TPSA) is 59.1 Å². The number of nitrogens with one attached hydrogen (secondary N) is 1. The molecule has 0 aliphatic rings. The van der Waals surface area contributed by atoms with Crippen molar-refractivity contribution in [2.45, 2.75) is 26.2 Å². The number of rotatable bonds is 6. The van der Waals surface area contributed by atoms with Crippen LogP contribution in [0.15, 0.2) is 22.7 Å². The van der Waals surface area contributed by atoms with Crippen LogP contribution in [0.1, 0.15) is 24.8 Å². The molecule has 3 N–H and O–H groups in total. The lowest BCUT2D eigenvalue weighted by Crippen LogP contribution is -2.09. The van der Waals surface area contributed by atoms with Gasteiger partial charge in [0.05, 0.1) is 12.4 Å². The second-order valence-electron chi connectivity index (χ2n) is 3.74. The Bertz CT molecular complexity index is 366. The molecule has 0 aliphatic carbocycles. The lowest BCUT2D eigenvalue weighted by molar-refractivity contribution is 0.306. The van der Waals surface area contributed by atoms with E-state index in [1.165, 1.54) is 0 Å². The van der Waals surface area contributed by atoms with Crippen molar-refractivity contribution in [2.24, 2.45) is 5.73 Å². The van der Waals surface area contributed by atoms with E-state index in [1.54, 1.807) is 0 Å². The number of aryl methyl sites for hydroxylation is 1. The molecule has 0 bridgehead atoms. The summed E-state index contributed by atoms with van der Waals surface area (Å²) in [5.41, 5.74) is 6.39. The van der Waals surface area contributed by atoms with Crippen LogP contribution in [-0.4, -0.2) is 12.4 Å². The van der Waals surface area contributed by atoms with Crippen LogP contribution in [0, 0.1) is 12.3 Å². The van der Waals surface area contributed by atoms with Crippen molar-refractivity contribution in [1.29, 1.82) is 5.41 Å². The number of nitrogens with two attached hydrogens (primary N) is 1. The lowest BCUT2D eigenvalue weighted by Gasteiger charge is -2.09. The molecule has 88 valence electrons. The molecule has 0 saturated heterocycles. The highest BCUT2D eigenvalue weighted by Crippen LogP contribution is 2.22. The molecule has 4 heteroatoms. The zero-order chi connectivity index (χ0) is 12.0. The molecule has 0 aromatic heterocycles. The summed E-state index contributed by atoms with van der Waals surface area (Å²) in [5.74, 6) is 1.17. The van der Waals surface area contributed by atoms with Crippen LogP contribution in [0.2, 0.25) is 0 Å². The number of hydrogen-bond acceptors (Lipinski definition) is 2. The number of halogens is 1. The monoisotopic (exact) mass is 284 g/mol. The molecule has 0 spiro atoms. The SMILES string of the molecule is Cc1cc(Br)ccc1OCCCCC(=N)N. The van der Waals surface area contributed by atoms with E-state index in [9.17, 15) is 0 Å². The standard InChI is InChI=1S/C12H17BrN2O/c1-9-8-10(13)5-6-11(9)16-7-3-2-4-12(14)15/h5-6,8H,2-4,7H2,1H3,(H3,14,15). The van der Waals surface area contributed by atoms with Gasteiger partial charge in [-0.3, -0.25) is 5.41 Å². The van der Waals surface area contributed by atoms with Crippen molar-refractivity contribution in [3.63, 3.8) is 0 Å². The van der Waals surface area contributed by atoms with Gasteiger partial charge in [0.15, 0.2) is 0 Å². The van der Waals surface area contributed by atoms with Gasteiger partial charge in [0.1, 0.15) is 5.75 Å². The van der Waals surface area contributed by atoms with Gasteiger partial charge >= 0.3 is 0 Å². The van der Waals surface area contributed by atoms with Crippen LogP contribution < -0.4 is 10.5 Å². The van der Waals surface area contributed by atoms with E-state index in [1.807, 2.05) is 25.1 Å². The maximum Gasteiger partial charge on any atom is 0.122 e. The van der Waals surface area contributed by atoms with Crippen molar-refractivity contribution in [2.75, 3.05) is 6.61 Å². The minimum absolute atomic E-state index is 0.250. The first-order valence-corrected chi connectivity index (χ1v) is 6.11. The number of benzene rings is 1. The number of ether oxygens (including phenoxy) is 1. The van der Waals surface area contributed by atoms with Crippen LogP contribution in [0.4, 0.5) is 0 Å². The lowest BCUT2D eigenvalue weighted by atomic mass is 10.2. The largest absolute Gasteiger partial charge is 0.493 e. The summed E-state index contributed by atoms with van der Waals surface area (Å²) in [4.78, 5) is 0. The van der Waals surface area contributed by atoms with Gasteiger partial charge in [-0.05, 0) is 43.5 Å². The molecule has 0 amide bonds. The highest BCUT2D eigenvalue weighted by molar-refractivity contribution is 9.10. The average molecular weight is 285 g/mol. The molecule has 16 heavy (non-hydrogen) atoms. The molecule has 0 atom stereocenters. The number of amidine groups is 1. The molecule has 1 rings (SSSR count). The van der Waals surface area contributed by atoms with Crippen LogP contribution in [-0.2, 0) is 0 Å². The predicted octanol–water partition coefficient (Wildman–Crippen LogP) is 3.24. The normalized spacial score (nSPS) is 10.1. The Hall–Kier alpha value is -1.03. The fraction of sp³-hybridized carbons (Fsp3) is 0.417. The molecule has 3 nitrogen and oxygen atoms in total. The maximum atomic E-state index is 7.08. The maximum absolute atomic E-state index is 7.08. The molecule has 0 heterocycles. The molecule has 0 saturated carbocycles. The van der Waals surface area contributed by atoms with E-state index >= 15 is 0 Å². The Balaban J connectivity index is 2.29. The Morgan fingerprint density at radius 1 is 1.44 bits per heavy atom. The zero-order valence-electron chi connectivity index (χ0n) is 9.42. The van der Waals surface area contributed by atoms with Crippen molar-refractivity contribution in [1.82, 2.24) is 0 Å². The van der Waals surface area contributed by atoms with E-state index in [0.29, 0.717) is 13.0 Å². The Morgan fingerprint density at radius 2 is 2.19 bits per heavy atom. The molecular weight excluding hydrogens is 268 g/mol. The highest BCUT2D eigenvalue weighted by atomic mass is 79.9. The highest BCUT2D eigenvalue weighted by Gasteiger charge is 1.99. The molecule has 0 fully saturated rings. The van der Waals surface area contributed by atoms with Crippen molar-refractivity contribution in [3.05, 3.63) is 28.2 Å². The van der Waals surface area contributed by atoms with Gasteiger partial charge in [-0.25, -0.2) is 0 Å². The Kier molecular flexibility index (Phi) is 5.32. The van der Waals surface area contributed by atoms with Crippen molar-refractivity contribution in [3.8, 4) is 5.75 Å². The second-order valence-corrected chi connectivity index (χ2v) is 4.66. The van der Waals surface area contributed by atoms with E-state index in [-0.39, 0.29) is 5.84 Å². The van der Waals surface area contributed by atoms with Crippen LogP contribution in [0.25, 0.3) is 0 Å². The van der Waals surface area contributed by atoms with Crippen LogP contribution in [0.5, 0.6) is 5.75 Å². The van der Waals surface area contributed by atoms with Crippen molar-refractivity contribution < 1.29 is 4.74 Å². The van der Waals surface area contributed by atoms with E-state index in [0.717, 1.165) is 28.6 Å². The molecular formula is C12H17BrN2O. The first-order valence-electron chi connectivity index (χ1n) is 5.31. The minimum atomic E-state index is 0.250. The average Bonchev–Trinajstić information content (AvgIpc) is 2.20. The third-order valence-corrected chi connectivity index (χ3v) is 2.73. The second kappa shape index (κ2) is 6.53. The van der Waals surface area contributed by atoms with Gasteiger partial charge in [-0.15, -0.1) is 0 Å². The molecule has 0 unspecified atom stereocenters. The number of unbranched alkanes of at least 4 members (excludes halogenated alkanes) is 1. The third kappa shape index (κ3) is 4.66. The fourth-order valence-corrected chi connectivity index (χ4v) is 1.85. The number of hydrogen-bond donors (Lipinski definition) is 2. The molecule has 0 radical (unpaired) electrons. The third-order valence-electron chi connectivity index (χ3n) is 2.23. The summed E-state index contributed by atoms with van der Waals surface area (Å²) < 4.78 is 6.71. The quantitative estimate of drug-likeness (QED) is 0.479. The van der Waals surface area contributed by atoms with Crippen LogP contribution >= 0.6 is 15.9 Å². The zero-order valence-corrected chi connectivity index (χ0v) is 11.0. The summed E-state index contributed by atoms with van der Waals surface area (Å²) in [6.45, 7) is 2.70. The van der Waals surface area contributed by atoms with E-state index in [2.05, 4.69) is 15.9 Å². The summed E-state index contributed by atoms with van der Waals surface area (Å²) in [7, 11) is 0. The molecule has 1 aromatic rings. The van der Waals surface area contributed by atoms with Gasteiger partial charge < -0.3 is 10.5 Å². The summed E-state index contributed by atoms with van der Waals surface area (Å²) >= 11 is 3.41. The molecule has 0 aliphatic heterocycles. The minimum Gasteiger partial charge on any atom is -0.493 e. The van der Waals surface area contributed by atoms with E-state index in [4.69, 9.17) is 15.9 Å². The summed E-state index contributed by atoms with van der Waals surface area (Å²) in [5, 5.41) is 7.08. The first-order chi connectivity index (χ1) is 7.59. The van der Waals surface area contributed by atoms with Crippen molar-refractivity contribution >= 4 is 21.8 Å². The van der Waals surface area contributed by atoms with Crippen LogP contribution in [0.3, 0.4) is 0 Å². The van der Waals surface area contributed by atoms with Gasteiger partial charge in [0, 0.05) is 10.9 Å². The predicted molar refractivity (Wildman–Crippen MR) is 70.1 cm³/mol. The Labute approximate surface area is 105 Å². The molecule has 1 aromatic carbocycles. The Morgan fingerprint density at radius 3 is 2.81 bits per heavy atom. The summed E-state index contributed by atoms with van der Waals surface area (Å²) in [6, 6.07) is 5.97. The fourth-order valence-electron chi connectivity index (χ4n) is 1.37. The van der Waals surface area contributed by atoms with Gasteiger partial charge in [-0.1, -0.05) is 15.9 Å².